The van der Waals surface area contributed by atoms with Gasteiger partial charge in [-0.2, -0.15) is 0 Å². The van der Waals surface area contributed by atoms with Gasteiger partial charge in [-0.05, 0) is 37.4 Å². The van der Waals surface area contributed by atoms with Crippen LogP contribution in [0.2, 0.25) is 0 Å². The van der Waals surface area contributed by atoms with Gasteiger partial charge < -0.3 is 22.7 Å². The van der Waals surface area contributed by atoms with Gasteiger partial charge >= 0.3 is 7.04 Å². The Labute approximate surface area is 157 Å². The summed E-state index contributed by atoms with van der Waals surface area (Å²) in [6.45, 7) is 5.69. The van der Waals surface area contributed by atoms with Crippen LogP contribution in [0.15, 0.2) is 60.7 Å². The Morgan fingerprint density at radius 1 is 0.963 bits per heavy atom. The average Bonchev–Trinajstić information content (AvgIpc) is 2.67. The molecule has 0 bridgehead atoms. The van der Waals surface area contributed by atoms with E-state index in [0.29, 0.717) is 11.3 Å². The summed E-state index contributed by atoms with van der Waals surface area (Å²) in [5.41, 5.74) is 1.97. The molecule has 0 saturated heterocycles. The number of benzene rings is 3. The Kier molecular flexibility index (Phi) is 4.34. The molecular weight excluding hydrogens is 345 g/mol. The fraction of sp³-hybridized carbons (Fsp3) is 0.190. The van der Waals surface area contributed by atoms with Crippen molar-refractivity contribution in [1.29, 1.82) is 0 Å². The number of fused-ring (bicyclic) bond motifs is 2. The first-order valence-corrected chi connectivity index (χ1v) is 9.23. The smallest absolute Gasteiger partial charge is 0.599 e. The van der Waals surface area contributed by atoms with Gasteiger partial charge in [0.1, 0.15) is 6.21 Å². The third-order valence-corrected chi connectivity index (χ3v) is 5.04. The molecule has 0 saturated carbocycles. The highest BCUT2D eigenvalue weighted by Gasteiger charge is 2.50. The van der Waals surface area contributed by atoms with Gasteiger partial charge in [0.05, 0.1) is 11.3 Å². The number of hydrogen-bond acceptors (Lipinski definition) is 2. The molecule has 3 aromatic rings. The van der Waals surface area contributed by atoms with Crippen molar-refractivity contribution in [2.45, 2.75) is 13.8 Å². The van der Waals surface area contributed by atoms with Crippen molar-refractivity contribution in [2.24, 2.45) is 0 Å². The van der Waals surface area contributed by atoms with Crippen LogP contribution in [0.3, 0.4) is 0 Å². The Balaban J connectivity index is 1.85. The summed E-state index contributed by atoms with van der Waals surface area (Å²) in [5.74, 6) is 0.223. The molecule has 0 aliphatic carbocycles. The third-order valence-electron chi connectivity index (χ3n) is 5.04. The standard InChI is InChI=1S/C21H21BF2N2O/c1-3-25(4-2)18-13-12-17-15-26(22(23,24)27-21(17)14-18)20-11-7-9-16-8-5-6-10-19(16)20/h5-15H,3-4H2,1-2H3. The molecule has 0 N–H and O–H groups in total. The van der Waals surface area contributed by atoms with Crippen LogP contribution in [0.25, 0.3) is 10.8 Å². The first-order valence-electron chi connectivity index (χ1n) is 9.23. The summed E-state index contributed by atoms with van der Waals surface area (Å²) >= 11 is 0. The molecule has 1 aliphatic rings. The summed E-state index contributed by atoms with van der Waals surface area (Å²) in [4.78, 5) is 2.10. The zero-order valence-electron chi connectivity index (χ0n) is 15.4. The number of hydrogen-bond donors (Lipinski definition) is 0. The molecule has 1 heterocycles. The van der Waals surface area contributed by atoms with Crippen molar-refractivity contribution >= 4 is 35.4 Å². The van der Waals surface area contributed by atoms with Gasteiger partial charge in [-0.1, -0.05) is 30.3 Å². The Bertz CT molecular complexity index is 1030. The summed E-state index contributed by atoms with van der Waals surface area (Å²) in [7, 11) is -4.23. The van der Waals surface area contributed by atoms with Crippen LogP contribution >= 0.6 is 0 Å². The molecule has 0 aromatic heterocycles. The van der Waals surface area contributed by atoms with E-state index in [1.807, 2.05) is 56.3 Å². The molecule has 0 amide bonds. The maximum Gasteiger partial charge on any atom is 0.834 e. The van der Waals surface area contributed by atoms with Crippen LogP contribution in [0.1, 0.15) is 19.4 Å². The van der Waals surface area contributed by atoms with Crippen LogP contribution in [0, 0.1) is 0 Å². The second kappa shape index (κ2) is 6.69. The zero-order chi connectivity index (χ0) is 19.0. The first kappa shape index (κ1) is 17.5. The largest absolute Gasteiger partial charge is 0.834 e. The highest BCUT2D eigenvalue weighted by Crippen LogP contribution is 2.36. The maximum absolute atomic E-state index is 15.0. The second-order valence-corrected chi connectivity index (χ2v) is 6.61. The monoisotopic (exact) mass is 366 g/mol. The van der Waals surface area contributed by atoms with Crippen LogP contribution in [0.5, 0.6) is 5.75 Å². The SMILES string of the molecule is CCN(CC)c1ccc2c(c1)O[B-](F)(F)[N+](c1cccc3ccccc13)=C2. The molecule has 0 fully saturated rings. The van der Waals surface area contributed by atoms with Gasteiger partial charge in [-0.3, -0.25) is 0 Å². The zero-order valence-corrected chi connectivity index (χ0v) is 15.4. The summed E-state index contributed by atoms with van der Waals surface area (Å²) < 4.78 is 36.1. The minimum absolute atomic E-state index is 0.223. The highest BCUT2D eigenvalue weighted by molar-refractivity contribution is 6.53. The molecule has 1 aliphatic heterocycles. The predicted molar refractivity (Wildman–Crippen MR) is 108 cm³/mol. The number of rotatable bonds is 4. The lowest BCUT2D eigenvalue weighted by atomic mass is 9.96. The van der Waals surface area contributed by atoms with Gasteiger partial charge in [-0.25, -0.2) is 0 Å². The second-order valence-electron chi connectivity index (χ2n) is 6.61. The molecule has 0 radical (unpaired) electrons. The lowest BCUT2D eigenvalue weighted by Crippen LogP contribution is -2.46. The Morgan fingerprint density at radius 2 is 1.70 bits per heavy atom. The fourth-order valence-electron chi connectivity index (χ4n) is 3.63. The van der Waals surface area contributed by atoms with E-state index in [-0.39, 0.29) is 5.75 Å². The van der Waals surface area contributed by atoms with E-state index in [2.05, 4.69) is 4.90 Å². The van der Waals surface area contributed by atoms with E-state index in [0.717, 1.165) is 34.0 Å². The molecular formula is C21H21BF2N2O. The van der Waals surface area contributed by atoms with E-state index in [9.17, 15) is 8.63 Å². The van der Waals surface area contributed by atoms with Crippen molar-refractivity contribution in [3.63, 3.8) is 0 Å². The minimum Gasteiger partial charge on any atom is -0.599 e. The van der Waals surface area contributed by atoms with Crippen molar-refractivity contribution < 1.29 is 17.8 Å². The molecule has 4 rings (SSSR count). The van der Waals surface area contributed by atoms with Gasteiger partial charge in [-0.15, -0.1) is 0 Å². The topological polar surface area (TPSA) is 15.5 Å². The number of nitrogens with zero attached hydrogens (tertiary/aromatic N) is 2. The predicted octanol–water partition coefficient (Wildman–Crippen LogP) is 5.22. The molecule has 3 aromatic carbocycles. The number of anilines is 1. The third kappa shape index (κ3) is 3.05. The Morgan fingerprint density at radius 3 is 2.48 bits per heavy atom. The van der Waals surface area contributed by atoms with E-state index < -0.39 is 7.04 Å². The minimum atomic E-state index is -4.23. The highest BCUT2D eigenvalue weighted by atomic mass is 19.3. The van der Waals surface area contributed by atoms with Crippen molar-refractivity contribution in [2.75, 3.05) is 18.0 Å². The molecule has 3 nitrogen and oxygen atoms in total. The van der Waals surface area contributed by atoms with E-state index in [1.54, 1.807) is 18.2 Å². The average molecular weight is 366 g/mol. The molecule has 0 atom stereocenters. The van der Waals surface area contributed by atoms with Crippen LogP contribution in [-0.2, 0) is 0 Å². The lowest BCUT2D eigenvalue weighted by Gasteiger charge is -2.30. The normalized spacial score (nSPS) is 15.0. The van der Waals surface area contributed by atoms with Crippen molar-refractivity contribution in [1.82, 2.24) is 0 Å². The van der Waals surface area contributed by atoms with Gasteiger partial charge in [0.25, 0.3) is 0 Å². The molecule has 27 heavy (non-hydrogen) atoms. The molecule has 0 unspecified atom stereocenters. The fourth-order valence-corrected chi connectivity index (χ4v) is 3.63. The lowest BCUT2D eigenvalue weighted by molar-refractivity contribution is -0.341. The van der Waals surface area contributed by atoms with Gasteiger partial charge in [0.2, 0.25) is 0 Å². The summed E-state index contributed by atoms with van der Waals surface area (Å²) in [6.07, 6.45) is 1.49. The van der Waals surface area contributed by atoms with Crippen LogP contribution < -0.4 is 9.55 Å². The van der Waals surface area contributed by atoms with Crippen molar-refractivity contribution in [3.8, 4) is 5.75 Å². The van der Waals surface area contributed by atoms with Gasteiger partial charge in [0, 0.05) is 36.3 Å². The van der Waals surface area contributed by atoms with Crippen LogP contribution in [-0.4, -0.2) is 30.8 Å². The van der Waals surface area contributed by atoms with E-state index >= 15 is 0 Å². The summed E-state index contributed by atoms with van der Waals surface area (Å²) in [6, 6.07) is 18.4. The molecule has 138 valence electrons. The first-order chi connectivity index (χ1) is 13.0. The number of halogens is 2. The van der Waals surface area contributed by atoms with Gasteiger partial charge in [0.15, 0.2) is 5.69 Å². The summed E-state index contributed by atoms with van der Waals surface area (Å²) in [5, 5.41) is 1.68. The van der Waals surface area contributed by atoms with E-state index in [4.69, 9.17) is 4.65 Å². The molecule has 6 heteroatoms. The van der Waals surface area contributed by atoms with Crippen molar-refractivity contribution in [3.05, 3.63) is 66.2 Å². The molecule has 0 spiro atoms. The maximum atomic E-state index is 15.0. The van der Waals surface area contributed by atoms with E-state index in [1.165, 1.54) is 6.21 Å². The Hall–Kier alpha value is -2.89. The quantitative estimate of drug-likeness (QED) is 0.589. The van der Waals surface area contributed by atoms with Crippen LogP contribution in [0.4, 0.5) is 20.0 Å².